The Hall–Kier alpha value is -1.51. The zero-order chi connectivity index (χ0) is 16.2. The molecule has 0 bridgehead atoms. The Balaban J connectivity index is 1.89. The van der Waals surface area contributed by atoms with Gasteiger partial charge in [-0.15, -0.1) is 0 Å². The summed E-state index contributed by atoms with van der Waals surface area (Å²) in [4.78, 5) is 10.1. The van der Waals surface area contributed by atoms with Gasteiger partial charge in [-0.05, 0) is 31.2 Å². The van der Waals surface area contributed by atoms with Gasteiger partial charge in [0.05, 0.1) is 16.8 Å². The molecule has 0 aliphatic carbocycles. The molecule has 1 N–H and O–H groups in total. The van der Waals surface area contributed by atoms with E-state index in [0.717, 1.165) is 12.8 Å². The molecule has 2 atom stereocenters. The average molecular weight is 328 g/mol. The molecule has 0 aromatic heterocycles. The van der Waals surface area contributed by atoms with Crippen LogP contribution in [0.1, 0.15) is 25.3 Å². The summed E-state index contributed by atoms with van der Waals surface area (Å²) in [6.07, 6.45) is 1.86. The van der Waals surface area contributed by atoms with Crippen molar-refractivity contribution in [2.45, 2.75) is 31.6 Å². The molecule has 1 aliphatic heterocycles. The highest BCUT2D eigenvalue weighted by Crippen LogP contribution is 2.19. The maximum Gasteiger partial charge on any atom is 0.269 e. The Bertz CT molecular complexity index is 615. The van der Waals surface area contributed by atoms with E-state index in [0.29, 0.717) is 18.7 Å². The largest absolute Gasteiger partial charge is 0.378 e. The smallest absolute Gasteiger partial charge is 0.269 e. The highest BCUT2D eigenvalue weighted by molar-refractivity contribution is 7.88. The van der Waals surface area contributed by atoms with Crippen molar-refractivity contribution in [3.05, 3.63) is 39.9 Å². The van der Waals surface area contributed by atoms with Crippen LogP contribution in [-0.2, 0) is 20.5 Å². The van der Waals surface area contributed by atoms with E-state index in [1.165, 1.54) is 24.3 Å². The summed E-state index contributed by atoms with van der Waals surface area (Å²) >= 11 is 0. The van der Waals surface area contributed by atoms with Gasteiger partial charge in [0.25, 0.3) is 5.69 Å². The Morgan fingerprint density at radius 3 is 2.64 bits per heavy atom. The van der Waals surface area contributed by atoms with E-state index in [-0.39, 0.29) is 23.5 Å². The Morgan fingerprint density at radius 2 is 2.05 bits per heavy atom. The van der Waals surface area contributed by atoms with E-state index < -0.39 is 14.9 Å². The lowest BCUT2D eigenvalue weighted by Crippen LogP contribution is -2.34. The topological polar surface area (TPSA) is 98.5 Å². The fourth-order valence-electron chi connectivity index (χ4n) is 2.51. The van der Waals surface area contributed by atoms with Crippen LogP contribution in [0.4, 0.5) is 5.69 Å². The SMILES string of the molecule is C[C@@H]1C[C@@H](CNS(=O)(=O)Cc2ccc([N+](=O)[O-])cc2)CCO1. The molecule has 0 unspecified atom stereocenters. The second-order valence-electron chi connectivity index (χ2n) is 5.60. The lowest BCUT2D eigenvalue weighted by atomic mass is 9.97. The molecule has 0 spiro atoms. The summed E-state index contributed by atoms with van der Waals surface area (Å²) in [5, 5.41) is 10.6. The minimum absolute atomic E-state index is 0.0506. The van der Waals surface area contributed by atoms with Crippen molar-refractivity contribution in [2.75, 3.05) is 13.2 Å². The molecule has 2 rings (SSSR count). The molecule has 0 saturated carbocycles. The fraction of sp³-hybridized carbons (Fsp3) is 0.571. The van der Waals surface area contributed by atoms with Gasteiger partial charge in [-0.2, -0.15) is 0 Å². The molecule has 1 aliphatic rings. The van der Waals surface area contributed by atoms with Crippen LogP contribution < -0.4 is 4.72 Å². The minimum atomic E-state index is -3.45. The highest BCUT2D eigenvalue weighted by atomic mass is 32.2. The molecule has 1 aromatic rings. The first kappa shape index (κ1) is 16.9. The number of ether oxygens (including phenoxy) is 1. The Kier molecular flexibility index (Phi) is 5.49. The highest BCUT2D eigenvalue weighted by Gasteiger charge is 2.21. The van der Waals surface area contributed by atoms with Gasteiger partial charge in [0.15, 0.2) is 0 Å². The third-order valence-corrected chi connectivity index (χ3v) is 5.01. The molecule has 0 radical (unpaired) electrons. The van der Waals surface area contributed by atoms with Gasteiger partial charge in [-0.25, -0.2) is 13.1 Å². The van der Waals surface area contributed by atoms with Crippen LogP contribution in [0.25, 0.3) is 0 Å². The van der Waals surface area contributed by atoms with Gasteiger partial charge in [-0.3, -0.25) is 10.1 Å². The van der Waals surface area contributed by atoms with Crippen molar-refractivity contribution < 1.29 is 18.1 Å². The van der Waals surface area contributed by atoms with Crippen molar-refractivity contribution in [3.63, 3.8) is 0 Å². The van der Waals surface area contributed by atoms with Crippen LogP contribution in [0.15, 0.2) is 24.3 Å². The van der Waals surface area contributed by atoms with Gasteiger partial charge in [-0.1, -0.05) is 12.1 Å². The Labute approximate surface area is 129 Å². The van der Waals surface area contributed by atoms with Crippen molar-refractivity contribution in [1.29, 1.82) is 0 Å². The molecule has 0 amide bonds. The van der Waals surface area contributed by atoms with Crippen LogP contribution in [-0.4, -0.2) is 32.6 Å². The lowest BCUT2D eigenvalue weighted by Gasteiger charge is -2.27. The summed E-state index contributed by atoms with van der Waals surface area (Å²) in [7, 11) is -3.45. The normalized spacial score (nSPS) is 22.4. The van der Waals surface area contributed by atoms with Gasteiger partial charge in [0, 0.05) is 25.3 Å². The van der Waals surface area contributed by atoms with Crippen LogP contribution >= 0.6 is 0 Å². The van der Waals surface area contributed by atoms with Gasteiger partial charge >= 0.3 is 0 Å². The van der Waals surface area contributed by atoms with Gasteiger partial charge < -0.3 is 4.74 Å². The quantitative estimate of drug-likeness (QED) is 0.634. The lowest BCUT2D eigenvalue weighted by molar-refractivity contribution is -0.384. The first-order chi connectivity index (χ1) is 10.4. The second kappa shape index (κ2) is 7.17. The van der Waals surface area contributed by atoms with E-state index in [4.69, 9.17) is 4.74 Å². The van der Waals surface area contributed by atoms with E-state index >= 15 is 0 Å². The van der Waals surface area contributed by atoms with Gasteiger partial charge in [0.2, 0.25) is 10.0 Å². The van der Waals surface area contributed by atoms with Crippen molar-refractivity contribution in [1.82, 2.24) is 4.72 Å². The van der Waals surface area contributed by atoms with Crippen molar-refractivity contribution in [3.8, 4) is 0 Å². The third kappa shape index (κ3) is 5.04. The first-order valence-electron chi connectivity index (χ1n) is 7.18. The van der Waals surface area contributed by atoms with E-state index in [2.05, 4.69) is 4.72 Å². The molecule has 8 heteroatoms. The molecule has 1 saturated heterocycles. The maximum absolute atomic E-state index is 12.1. The van der Waals surface area contributed by atoms with Crippen LogP contribution in [0, 0.1) is 16.0 Å². The molecule has 7 nitrogen and oxygen atoms in total. The number of nitrogens with zero attached hydrogens (tertiary/aromatic N) is 1. The molecule has 122 valence electrons. The van der Waals surface area contributed by atoms with E-state index in [1.54, 1.807) is 0 Å². The van der Waals surface area contributed by atoms with Crippen LogP contribution in [0.2, 0.25) is 0 Å². The van der Waals surface area contributed by atoms with Gasteiger partial charge in [0.1, 0.15) is 0 Å². The number of rotatable bonds is 6. The predicted octanol–water partition coefficient (Wildman–Crippen LogP) is 1.83. The molecule has 1 fully saturated rings. The number of hydrogen-bond donors (Lipinski definition) is 1. The Morgan fingerprint density at radius 1 is 1.36 bits per heavy atom. The summed E-state index contributed by atoms with van der Waals surface area (Å²) in [6, 6.07) is 5.55. The number of nitrogens with one attached hydrogen (secondary N) is 1. The third-order valence-electron chi connectivity index (χ3n) is 3.69. The zero-order valence-electron chi connectivity index (χ0n) is 12.4. The fourth-order valence-corrected chi connectivity index (χ4v) is 3.73. The van der Waals surface area contributed by atoms with Crippen molar-refractivity contribution in [2.24, 2.45) is 5.92 Å². The number of benzene rings is 1. The summed E-state index contributed by atoms with van der Waals surface area (Å²) < 4.78 is 32.2. The van der Waals surface area contributed by atoms with E-state index in [9.17, 15) is 18.5 Å². The molecular weight excluding hydrogens is 308 g/mol. The monoisotopic (exact) mass is 328 g/mol. The number of sulfonamides is 1. The zero-order valence-corrected chi connectivity index (χ0v) is 13.2. The van der Waals surface area contributed by atoms with Crippen LogP contribution in [0.3, 0.4) is 0 Å². The number of non-ortho nitro benzene ring substituents is 1. The number of nitro benzene ring substituents is 1. The summed E-state index contributed by atoms with van der Waals surface area (Å²) in [5.74, 6) is 0.111. The summed E-state index contributed by atoms with van der Waals surface area (Å²) in [5.41, 5.74) is 0.476. The molecular formula is C14H20N2O5S. The standard InChI is InChI=1S/C14H20N2O5S/c1-11-8-13(6-7-21-11)9-15-22(19,20)10-12-2-4-14(5-3-12)16(17)18/h2-5,11,13,15H,6-10H2,1H3/t11-,13+/m1/s1. The molecule has 1 aromatic carbocycles. The summed E-state index contributed by atoms with van der Waals surface area (Å²) in [6.45, 7) is 3.05. The first-order valence-corrected chi connectivity index (χ1v) is 8.83. The number of nitro groups is 1. The maximum atomic E-state index is 12.1. The van der Waals surface area contributed by atoms with Crippen molar-refractivity contribution >= 4 is 15.7 Å². The second-order valence-corrected chi connectivity index (χ2v) is 7.41. The molecule has 22 heavy (non-hydrogen) atoms. The van der Waals surface area contributed by atoms with E-state index in [1.807, 2.05) is 6.92 Å². The molecule has 1 heterocycles. The predicted molar refractivity (Wildman–Crippen MR) is 81.9 cm³/mol. The minimum Gasteiger partial charge on any atom is -0.378 e. The van der Waals surface area contributed by atoms with Crippen LogP contribution in [0.5, 0.6) is 0 Å². The average Bonchev–Trinajstić information content (AvgIpc) is 2.45. The number of hydrogen-bond acceptors (Lipinski definition) is 5.